The van der Waals surface area contributed by atoms with Gasteiger partial charge in [0.25, 0.3) is 11.8 Å². The van der Waals surface area contributed by atoms with Crippen LogP contribution in [0.25, 0.3) is 11.4 Å². The smallest absolute Gasteiger partial charge is 0.252 e. The summed E-state index contributed by atoms with van der Waals surface area (Å²) in [5, 5.41) is 42.6. The van der Waals surface area contributed by atoms with Crippen molar-refractivity contribution in [3.05, 3.63) is 70.8 Å². The van der Waals surface area contributed by atoms with E-state index in [2.05, 4.69) is 20.4 Å². The maximum Gasteiger partial charge on any atom is 0.252 e. The minimum atomic E-state index is -1.47. The molecule has 1 saturated carbocycles. The van der Waals surface area contributed by atoms with Crippen molar-refractivity contribution in [3.63, 3.8) is 0 Å². The SMILES string of the molecule is Cc1ccc(O)c2c1[C@]13CCN(CC4CC4)[C@H](C)[C@]1(O)CC(C(=O)NC(C)(C)c1nc(-c4ccccc4)no1)=C(O)[C@@H]3O2. The van der Waals surface area contributed by atoms with E-state index in [-0.39, 0.29) is 41.2 Å². The van der Waals surface area contributed by atoms with Crippen LogP contribution < -0.4 is 10.1 Å². The second-order valence-electron chi connectivity index (χ2n) is 13.3. The van der Waals surface area contributed by atoms with Gasteiger partial charge in [0.1, 0.15) is 11.3 Å². The zero-order chi connectivity index (χ0) is 30.3. The third kappa shape index (κ3) is 4.10. The minimum absolute atomic E-state index is 0.0454. The summed E-state index contributed by atoms with van der Waals surface area (Å²) >= 11 is 0. The number of ether oxygens (including phenoxy) is 1. The number of aromatic nitrogens is 2. The molecule has 2 aliphatic heterocycles. The number of phenols is 1. The quantitative estimate of drug-likeness (QED) is 0.334. The van der Waals surface area contributed by atoms with Gasteiger partial charge in [0.15, 0.2) is 17.6 Å². The normalized spacial score (nSPS) is 28.6. The fourth-order valence-corrected chi connectivity index (χ4v) is 7.58. The highest BCUT2D eigenvalue weighted by molar-refractivity contribution is 5.95. The van der Waals surface area contributed by atoms with Gasteiger partial charge in [-0.25, -0.2) is 0 Å². The molecule has 7 rings (SSSR count). The van der Waals surface area contributed by atoms with Crippen molar-refractivity contribution in [3.8, 4) is 22.9 Å². The number of nitrogens with one attached hydrogen (secondary N) is 1. The molecule has 2 aromatic carbocycles. The number of aliphatic hydroxyl groups excluding tert-OH is 1. The van der Waals surface area contributed by atoms with Crippen molar-refractivity contribution in [1.29, 1.82) is 0 Å². The Morgan fingerprint density at radius 2 is 1.91 bits per heavy atom. The van der Waals surface area contributed by atoms with E-state index in [1.165, 1.54) is 12.8 Å². The molecule has 1 spiro atoms. The van der Waals surface area contributed by atoms with Crippen molar-refractivity contribution in [2.24, 2.45) is 5.92 Å². The average Bonchev–Trinajstić information content (AvgIpc) is 3.50. The van der Waals surface area contributed by atoms with E-state index >= 15 is 0 Å². The molecule has 226 valence electrons. The largest absolute Gasteiger partial charge is 0.508 e. The first kappa shape index (κ1) is 27.9. The predicted octanol–water partition coefficient (Wildman–Crippen LogP) is 4.25. The van der Waals surface area contributed by atoms with Crippen LogP contribution in [0.15, 0.2) is 58.3 Å². The molecular weight excluding hydrogens is 548 g/mol. The summed E-state index contributed by atoms with van der Waals surface area (Å²) in [5.41, 5.74) is -1.19. The highest BCUT2D eigenvalue weighted by Gasteiger charge is 2.71. The van der Waals surface area contributed by atoms with E-state index in [4.69, 9.17) is 9.26 Å². The highest BCUT2D eigenvalue weighted by atomic mass is 16.5. The molecule has 3 heterocycles. The van der Waals surface area contributed by atoms with E-state index in [9.17, 15) is 20.1 Å². The van der Waals surface area contributed by atoms with E-state index in [0.717, 1.165) is 17.7 Å². The van der Waals surface area contributed by atoms with Crippen LogP contribution in [0, 0.1) is 12.8 Å². The zero-order valence-corrected chi connectivity index (χ0v) is 24.9. The first-order valence-electron chi connectivity index (χ1n) is 15.1. The maximum atomic E-state index is 14.0. The predicted molar refractivity (Wildman–Crippen MR) is 157 cm³/mol. The molecule has 1 aromatic heterocycles. The Morgan fingerprint density at radius 3 is 2.63 bits per heavy atom. The number of aryl methyl sites for hydroxylation is 1. The second kappa shape index (κ2) is 9.56. The van der Waals surface area contributed by atoms with Crippen molar-refractivity contribution in [2.75, 3.05) is 13.1 Å². The van der Waals surface area contributed by atoms with E-state index in [1.807, 2.05) is 50.2 Å². The number of hydrogen-bond donors (Lipinski definition) is 4. The molecule has 0 bridgehead atoms. The summed E-state index contributed by atoms with van der Waals surface area (Å²) < 4.78 is 11.9. The summed E-state index contributed by atoms with van der Waals surface area (Å²) in [6.07, 6.45) is 1.75. The zero-order valence-electron chi connectivity index (χ0n) is 24.9. The summed E-state index contributed by atoms with van der Waals surface area (Å²) in [5.74, 6) is 0.637. The number of nitrogens with zero attached hydrogens (tertiary/aromatic N) is 3. The lowest BCUT2D eigenvalue weighted by Crippen LogP contribution is -2.73. The highest BCUT2D eigenvalue weighted by Crippen LogP contribution is 2.63. The lowest BCUT2D eigenvalue weighted by molar-refractivity contribution is -0.163. The number of fused-ring (bicyclic) bond motifs is 1. The van der Waals surface area contributed by atoms with Crippen LogP contribution in [-0.4, -0.2) is 67.1 Å². The number of rotatable bonds is 6. The number of amides is 1. The van der Waals surface area contributed by atoms with Crippen molar-refractivity contribution in [2.45, 2.75) is 82.1 Å². The summed E-state index contributed by atoms with van der Waals surface area (Å²) in [6, 6.07) is 12.4. The fourth-order valence-electron chi connectivity index (χ4n) is 7.58. The van der Waals surface area contributed by atoms with Gasteiger partial charge in [-0.15, -0.1) is 0 Å². The summed E-state index contributed by atoms with van der Waals surface area (Å²) in [6.45, 7) is 9.01. The number of hydrogen-bond acceptors (Lipinski definition) is 9. The Labute approximate surface area is 250 Å². The molecule has 4 aliphatic rings. The summed E-state index contributed by atoms with van der Waals surface area (Å²) in [4.78, 5) is 20.8. The van der Waals surface area contributed by atoms with Gasteiger partial charge in [-0.2, -0.15) is 4.98 Å². The molecule has 2 aliphatic carbocycles. The number of likely N-dealkylation sites (tertiary alicyclic amines) is 1. The van der Waals surface area contributed by atoms with E-state index in [1.54, 1.807) is 19.9 Å². The molecule has 0 unspecified atom stereocenters. The van der Waals surface area contributed by atoms with Crippen LogP contribution in [0.3, 0.4) is 0 Å². The molecule has 4 N–H and O–H groups in total. The molecule has 1 saturated heterocycles. The average molecular weight is 587 g/mol. The Kier molecular flexibility index (Phi) is 6.20. The summed E-state index contributed by atoms with van der Waals surface area (Å²) in [7, 11) is 0. The van der Waals surface area contributed by atoms with Crippen LogP contribution in [0.1, 0.15) is 63.5 Å². The molecule has 4 atom stereocenters. The Bertz CT molecular complexity index is 1630. The van der Waals surface area contributed by atoms with Gasteiger partial charge in [0, 0.05) is 30.1 Å². The van der Waals surface area contributed by atoms with Crippen LogP contribution >= 0.6 is 0 Å². The lowest BCUT2D eigenvalue weighted by atomic mass is 9.52. The second-order valence-corrected chi connectivity index (χ2v) is 13.3. The van der Waals surface area contributed by atoms with Gasteiger partial charge in [-0.05, 0) is 71.0 Å². The number of piperidine rings is 1. The third-order valence-corrected chi connectivity index (χ3v) is 10.2. The van der Waals surface area contributed by atoms with Crippen LogP contribution in [0.5, 0.6) is 11.5 Å². The Balaban J connectivity index is 1.26. The maximum absolute atomic E-state index is 14.0. The van der Waals surface area contributed by atoms with Crippen LogP contribution in [0.2, 0.25) is 0 Å². The topological polar surface area (TPSA) is 141 Å². The van der Waals surface area contributed by atoms with Crippen LogP contribution in [-0.2, 0) is 15.7 Å². The van der Waals surface area contributed by atoms with E-state index < -0.39 is 28.6 Å². The first-order valence-corrected chi connectivity index (χ1v) is 15.1. The molecule has 2 fully saturated rings. The first-order chi connectivity index (χ1) is 20.5. The molecule has 10 nitrogen and oxygen atoms in total. The molecule has 10 heteroatoms. The van der Waals surface area contributed by atoms with Crippen molar-refractivity contribution >= 4 is 5.91 Å². The Morgan fingerprint density at radius 1 is 1.16 bits per heavy atom. The van der Waals surface area contributed by atoms with Gasteiger partial charge in [-0.3, -0.25) is 9.69 Å². The number of aromatic hydroxyl groups is 1. The number of carbonyl (C=O) groups is 1. The molecule has 0 radical (unpaired) electrons. The van der Waals surface area contributed by atoms with Crippen LogP contribution in [0.4, 0.5) is 0 Å². The van der Waals surface area contributed by atoms with E-state index in [0.29, 0.717) is 30.3 Å². The third-order valence-electron chi connectivity index (χ3n) is 10.2. The molecule has 43 heavy (non-hydrogen) atoms. The molecule has 3 aromatic rings. The number of carbonyl (C=O) groups excluding carboxylic acids is 1. The molecule has 1 amide bonds. The van der Waals surface area contributed by atoms with Gasteiger partial charge >= 0.3 is 0 Å². The monoisotopic (exact) mass is 586 g/mol. The lowest BCUT2D eigenvalue weighted by Gasteiger charge is -2.59. The number of phenolic OH excluding ortho intramolecular Hbond substituents is 1. The van der Waals surface area contributed by atoms with Gasteiger partial charge < -0.3 is 29.9 Å². The van der Waals surface area contributed by atoms with Gasteiger partial charge in [-0.1, -0.05) is 41.6 Å². The standard InChI is InChI=1S/C33H38N4O6/c1-18-10-13-23(38)26-24(18)32-14-15-37(17-20-11-12-20)19(2)33(32,41)16-22(25(39)27(32)42-26)29(40)35-31(3,4)30-34-28(36-43-30)21-8-6-5-7-9-21/h5-10,13,19-20,27,38-39,41H,11-12,14-17H2,1-4H3,(H,35,40)/t19-,27+,32+,33-/m1/s1. The number of benzene rings is 2. The fraction of sp³-hybridized carbons (Fsp3) is 0.485. The van der Waals surface area contributed by atoms with Gasteiger partial charge in [0.2, 0.25) is 5.82 Å². The van der Waals surface area contributed by atoms with Crippen molar-refractivity contribution < 1.29 is 29.4 Å². The Hall–Kier alpha value is -3.89. The van der Waals surface area contributed by atoms with Gasteiger partial charge in [0.05, 0.1) is 16.6 Å². The number of aliphatic hydroxyl groups is 2. The minimum Gasteiger partial charge on any atom is -0.508 e. The molecular formula is C33H38N4O6. The van der Waals surface area contributed by atoms with Crippen molar-refractivity contribution in [1.82, 2.24) is 20.4 Å².